The predicted molar refractivity (Wildman–Crippen MR) is 121 cm³/mol. The van der Waals surface area contributed by atoms with E-state index >= 15 is 0 Å². The van der Waals surface area contributed by atoms with Crippen molar-refractivity contribution in [2.45, 2.75) is 43.7 Å². The Morgan fingerprint density at radius 1 is 0.935 bits per heavy atom. The Morgan fingerprint density at radius 3 is 2.45 bits per heavy atom. The van der Waals surface area contributed by atoms with Crippen molar-refractivity contribution in [2.24, 2.45) is 5.92 Å². The van der Waals surface area contributed by atoms with Crippen molar-refractivity contribution in [2.75, 3.05) is 26.2 Å². The van der Waals surface area contributed by atoms with Crippen LogP contribution in [0.4, 0.5) is 0 Å². The first-order valence-corrected chi connectivity index (χ1v) is 12.6. The summed E-state index contributed by atoms with van der Waals surface area (Å²) in [5, 5.41) is 3.03. The number of amides is 1. The van der Waals surface area contributed by atoms with Gasteiger partial charge in [-0.3, -0.25) is 9.69 Å². The molecule has 0 aromatic heterocycles. The van der Waals surface area contributed by atoms with Crippen molar-refractivity contribution in [1.29, 1.82) is 0 Å². The van der Waals surface area contributed by atoms with Crippen LogP contribution >= 0.6 is 0 Å². The summed E-state index contributed by atoms with van der Waals surface area (Å²) >= 11 is 0. The molecule has 2 aromatic rings. The second-order valence-corrected chi connectivity index (χ2v) is 10.5. The summed E-state index contributed by atoms with van der Waals surface area (Å²) in [5.41, 5.74) is 2.35. The number of carbonyl (C=O) groups excluding carboxylic acids is 1. The van der Waals surface area contributed by atoms with Crippen LogP contribution in [0.15, 0.2) is 59.5 Å². The molecule has 1 N–H and O–H groups in total. The van der Waals surface area contributed by atoms with Crippen molar-refractivity contribution in [3.63, 3.8) is 0 Å². The number of likely N-dealkylation sites (tertiary alicyclic amines) is 1. The van der Waals surface area contributed by atoms with E-state index in [1.165, 1.54) is 22.7 Å². The zero-order chi connectivity index (χ0) is 21.7. The van der Waals surface area contributed by atoms with Gasteiger partial charge in [-0.25, -0.2) is 8.42 Å². The minimum absolute atomic E-state index is 0.0714. The number of hydrogen-bond acceptors (Lipinski definition) is 4. The van der Waals surface area contributed by atoms with Crippen molar-refractivity contribution in [3.8, 4) is 0 Å². The van der Waals surface area contributed by atoms with Gasteiger partial charge in [0.2, 0.25) is 15.9 Å². The fourth-order valence-electron chi connectivity index (χ4n) is 4.49. The second kappa shape index (κ2) is 9.94. The number of benzene rings is 2. The van der Waals surface area contributed by atoms with Gasteiger partial charge in [-0.2, -0.15) is 4.31 Å². The van der Waals surface area contributed by atoms with E-state index in [0.29, 0.717) is 25.9 Å². The van der Waals surface area contributed by atoms with Crippen LogP contribution in [0.25, 0.3) is 0 Å². The molecule has 1 unspecified atom stereocenters. The van der Waals surface area contributed by atoms with Gasteiger partial charge in [0.15, 0.2) is 0 Å². The third-order valence-electron chi connectivity index (χ3n) is 6.20. The van der Waals surface area contributed by atoms with E-state index in [4.69, 9.17) is 0 Å². The standard InChI is InChI=1S/C24H31N3O3S/c28-24(25-17-20-8-6-9-21(16-20)18-26-13-4-5-14-26)22-10-7-15-27(19-22)31(29,30)23-11-2-1-3-12-23/h1-3,6,8-9,11-12,16,22H,4-5,7,10,13-15,17-19H2,(H,25,28). The van der Waals surface area contributed by atoms with E-state index in [1.54, 1.807) is 30.3 Å². The molecule has 2 aliphatic rings. The summed E-state index contributed by atoms with van der Waals surface area (Å²) in [6.45, 7) is 4.43. The van der Waals surface area contributed by atoms with E-state index in [0.717, 1.165) is 25.2 Å². The van der Waals surface area contributed by atoms with Crippen LogP contribution in [0.5, 0.6) is 0 Å². The van der Waals surface area contributed by atoms with E-state index in [9.17, 15) is 13.2 Å². The molecule has 2 saturated heterocycles. The number of carbonyl (C=O) groups is 1. The van der Waals surface area contributed by atoms with Crippen LogP contribution in [0.2, 0.25) is 0 Å². The first-order chi connectivity index (χ1) is 15.0. The Bertz CT molecular complexity index is 988. The van der Waals surface area contributed by atoms with Gasteiger partial charge < -0.3 is 5.32 Å². The third kappa shape index (κ3) is 5.53. The molecule has 0 radical (unpaired) electrons. The Balaban J connectivity index is 1.33. The fourth-order valence-corrected chi connectivity index (χ4v) is 6.03. The van der Waals surface area contributed by atoms with E-state index in [-0.39, 0.29) is 23.3 Å². The molecule has 2 heterocycles. The highest BCUT2D eigenvalue weighted by Crippen LogP contribution is 2.24. The largest absolute Gasteiger partial charge is 0.352 e. The van der Waals surface area contributed by atoms with Crippen molar-refractivity contribution < 1.29 is 13.2 Å². The molecule has 1 amide bonds. The maximum Gasteiger partial charge on any atom is 0.243 e. The van der Waals surface area contributed by atoms with Crippen molar-refractivity contribution >= 4 is 15.9 Å². The van der Waals surface area contributed by atoms with Crippen molar-refractivity contribution in [3.05, 3.63) is 65.7 Å². The zero-order valence-corrected chi connectivity index (χ0v) is 18.7. The van der Waals surface area contributed by atoms with Crippen LogP contribution in [0, 0.1) is 5.92 Å². The Kier molecular flexibility index (Phi) is 7.05. The molecule has 31 heavy (non-hydrogen) atoms. The topological polar surface area (TPSA) is 69.7 Å². The monoisotopic (exact) mass is 441 g/mol. The number of rotatable bonds is 7. The van der Waals surface area contributed by atoms with Gasteiger partial charge in [0, 0.05) is 26.2 Å². The maximum atomic E-state index is 12.9. The molecule has 0 aliphatic carbocycles. The minimum atomic E-state index is -3.56. The quantitative estimate of drug-likeness (QED) is 0.717. The molecule has 2 aliphatic heterocycles. The lowest BCUT2D eigenvalue weighted by Gasteiger charge is -2.31. The molecule has 1 atom stereocenters. The van der Waals surface area contributed by atoms with Crippen LogP contribution in [0.3, 0.4) is 0 Å². The molecule has 4 rings (SSSR count). The summed E-state index contributed by atoms with van der Waals surface area (Å²) < 4.78 is 27.3. The molecular formula is C24H31N3O3S. The lowest BCUT2D eigenvalue weighted by molar-refractivity contribution is -0.126. The Hall–Kier alpha value is -2.22. The number of hydrogen-bond donors (Lipinski definition) is 1. The molecular weight excluding hydrogens is 410 g/mol. The molecule has 0 spiro atoms. The highest BCUT2D eigenvalue weighted by molar-refractivity contribution is 7.89. The molecule has 7 heteroatoms. The van der Waals surface area contributed by atoms with Gasteiger partial charge in [-0.05, 0) is 62.0 Å². The van der Waals surface area contributed by atoms with Gasteiger partial charge in [0.1, 0.15) is 0 Å². The normalized spacial score (nSPS) is 20.6. The molecule has 0 bridgehead atoms. The van der Waals surface area contributed by atoms with Crippen LogP contribution < -0.4 is 5.32 Å². The predicted octanol–water partition coefficient (Wildman–Crippen LogP) is 3.00. The van der Waals surface area contributed by atoms with E-state index < -0.39 is 10.0 Å². The molecule has 2 fully saturated rings. The summed E-state index contributed by atoms with van der Waals surface area (Å²) in [7, 11) is -3.56. The molecule has 0 saturated carbocycles. The number of nitrogens with zero attached hydrogens (tertiary/aromatic N) is 2. The highest BCUT2D eigenvalue weighted by Gasteiger charge is 2.33. The average Bonchev–Trinajstić information content (AvgIpc) is 3.31. The lowest BCUT2D eigenvalue weighted by atomic mass is 9.98. The molecule has 6 nitrogen and oxygen atoms in total. The summed E-state index contributed by atoms with van der Waals surface area (Å²) in [5.74, 6) is -0.391. The molecule has 2 aromatic carbocycles. The van der Waals surface area contributed by atoms with Gasteiger partial charge in [0.25, 0.3) is 0 Å². The van der Waals surface area contributed by atoms with Crippen LogP contribution in [-0.4, -0.2) is 49.7 Å². The van der Waals surface area contributed by atoms with Gasteiger partial charge in [-0.1, -0.05) is 42.5 Å². The van der Waals surface area contributed by atoms with Crippen LogP contribution in [0.1, 0.15) is 36.8 Å². The minimum Gasteiger partial charge on any atom is -0.352 e. The first kappa shape index (κ1) is 22.0. The van der Waals surface area contributed by atoms with E-state index in [1.807, 2.05) is 12.1 Å². The first-order valence-electron chi connectivity index (χ1n) is 11.2. The number of piperidine rings is 1. The highest BCUT2D eigenvalue weighted by atomic mass is 32.2. The summed E-state index contributed by atoms with van der Waals surface area (Å²) in [6, 6.07) is 16.8. The van der Waals surface area contributed by atoms with Gasteiger partial charge in [0.05, 0.1) is 10.8 Å². The number of sulfonamides is 1. The smallest absolute Gasteiger partial charge is 0.243 e. The average molecular weight is 442 g/mol. The van der Waals surface area contributed by atoms with Gasteiger partial charge >= 0.3 is 0 Å². The summed E-state index contributed by atoms with van der Waals surface area (Å²) in [4.78, 5) is 15.5. The zero-order valence-electron chi connectivity index (χ0n) is 17.9. The Morgan fingerprint density at radius 2 is 1.68 bits per heavy atom. The third-order valence-corrected chi connectivity index (χ3v) is 8.08. The fraction of sp³-hybridized carbons (Fsp3) is 0.458. The SMILES string of the molecule is O=C(NCc1cccc(CN2CCCC2)c1)C1CCCN(S(=O)(=O)c2ccccc2)C1. The van der Waals surface area contributed by atoms with Gasteiger partial charge in [-0.15, -0.1) is 0 Å². The number of nitrogens with one attached hydrogen (secondary N) is 1. The summed E-state index contributed by atoms with van der Waals surface area (Å²) in [6.07, 6.45) is 3.94. The van der Waals surface area contributed by atoms with Crippen LogP contribution in [-0.2, 0) is 27.9 Å². The lowest BCUT2D eigenvalue weighted by Crippen LogP contribution is -2.45. The van der Waals surface area contributed by atoms with Crippen molar-refractivity contribution in [1.82, 2.24) is 14.5 Å². The second-order valence-electron chi connectivity index (χ2n) is 8.54. The molecule has 166 valence electrons. The Labute approximate surface area is 185 Å². The van der Waals surface area contributed by atoms with E-state index in [2.05, 4.69) is 22.3 Å². The maximum absolute atomic E-state index is 12.9.